The van der Waals surface area contributed by atoms with Gasteiger partial charge in [-0.15, -0.1) is 0 Å². The minimum atomic E-state index is -1.10. The molecule has 0 radical (unpaired) electrons. The molecular weight excluding hydrogens is 557 g/mol. The molecule has 2 N–H and O–H groups in total. The second-order valence-electron chi connectivity index (χ2n) is 10.5. The quantitative estimate of drug-likeness (QED) is 0.244. The molecule has 0 bridgehead atoms. The summed E-state index contributed by atoms with van der Waals surface area (Å²) in [5, 5.41) is 14.5. The number of halogens is 1. The molecule has 10 heteroatoms. The molecule has 1 fully saturated rings. The number of anilines is 1. The van der Waals surface area contributed by atoms with Crippen molar-refractivity contribution >= 4 is 29.6 Å². The van der Waals surface area contributed by atoms with Crippen molar-refractivity contribution in [3.63, 3.8) is 0 Å². The molecular formula is C32H38FN3O5S. The van der Waals surface area contributed by atoms with Crippen molar-refractivity contribution < 1.29 is 28.6 Å². The SMILES string of the molecule is CCC(C)CN(CC(O)C(Cc1ccccc1)NC(=O)C1CN(c2cccc(F)c2)C(=O)O1)Sc1ccc(OC)cc1. The predicted molar refractivity (Wildman–Crippen MR) is 162 cm³/mol. The van der Waals surface area contributed by atoms with Gasteiger partial charge in [-0.1, -0.05) is 56.7 Å². The van der Waals surface area contributed by atoms with Gasteiger partial charge in [0, 0.05) is 18.0 Å². The summed E-state index contributed by atoms with van der Waals surface area (Å²) in [7, 11) is 1.63. The average molecular weight is 596 g/mol. The second-order valence-corrected chi connectivity index (χ2v) is 11.6. The van der Waals surface area contributed by atoms with Crippen LogP contribution in [0.5, 0.6) is 5.75 Å². The molecule has 8 nitrogen and oxygen atoms in total. The first-order valence-corrected chi connectivity index (χ1v) is 14.9. The topological polar surface area (TPSA) is 91.3 Å². The van der Waals surface area contributed by atoms with Crippen LogP contribution in [-0.4, -0.2) is 66.4 Å². The van der Waals surface area contributed by atoms with Gasteiger partial charge < -0.3 is 19.9 Å². The molecule has 42 heavy (non-hydrogen) atoms. The van der Waals surface area contributed by atoms with Gasteiger partial charge in [0.15, 0.2) is 6.10 Å². The largest absolute Gasteiger partial charge is 0.497 e. The summed E-state index contributed by atoms with van der Waals surface area (Å²) in [5.41, 5.74) is 1.26. The summed E-state index contributed by atoms with van der Waals surface area (Å²) in [4.78, 5) is 28.1. The maximum absolute atomic E-state index is 13.8. The van der Waals surface area contributed by atoms with E-state index in [1.807, 2.05) is 54.6 Å². The number of hydrogen-bond acceptors (Lipinski definition) is 7. The van der Waals surface area contributed by atoms with E-state index >= 15 is 0 Å². The lowest BCUT2D eigenvalue weighted by molar-refractivity contribution is -0.129. The predicted octanol–water partition coefficient (Wildman–Crippen LogP) is 5.30. The molecule has 4 unspecified atom stereocenters. The molecule has 2 amide bonds. The highest BCUT2D eigenvalue weighted by Gasteiger charge is 2.38. The number of amides is 2. The molecule has 0 saturated carbocycles. The van der Waals surface area contributed by atoms with E-state index in [0.717, 1.165) is 29.2 Å². The zero-order valence-corrected chi connectivity index (χ0v) is 24.9. The lowest BCUT2D eigenvalue weighted by atomic mass is 10.0. The minimum Gasteiger partial charge on any atom is -0.497 e. The van der Waals surface area contributed by atoms with E-state index in [9.17, 15) is 19.1 Å². The lowest BCUT2D eigenvalue weighted by Gasteiger charge is -2.31. The molecule has 1 aliphatic heterocycles. The van der Waals surface area contributed by atoms with Crippen molar-refractivity contribution in [2.45, 2.75) is 49.8 Å². The number of benzene rings is 3. The van der Waals surface area contributed by atoms with Crippen LogP contribution in [0, 0.1) is 11.7 Å². The van der Waals surface area contributed by atoms with Crippen molar-refractivity contribution in [3.05, 3.63) is 90.2 Å². The van der Waals surface area contributed by atoms with Crippen LogP contribution in [0.4, 0.5) is 14.9 Å². The van der Waals surface area contributed by atoms with Crippen molar-refractivity contribution in [2.24, 2.45) is 5.92 Å². The lowest BCUT2D eigenvalue weighted by Crippen LogP contribution is -2.52. The molecule has 3 aromatic carbocycles. The first-order chi connectivity index (χ1) is 20.2. The molecule has 0 aromatic heterocycles. The van der Waals surface area contributed by atoms with E-state index in [1.54, 1.807) is 25.1 Å². The number of carbonyl (C=O) groups excluding carboxylic acids is 2. The Kier molecular flexibility index (Phi) is 11.2. The number of rotatable bonds is 14. The molecule has 0 spiro atoms. The molecule has 1 aliphatic rings. The van der Waals surface area contributed by atoms with Crippen LogP contribution in [0.1, 0.15) is 25.8 Å². The Morgan fingerprint density at radius 3 is 2.55 bits per heavy atom. The third-order valence-corrected chi connectivity index (χ3v) is 8.25. The number of hydrogen-bond donors (Lipinski definition) is 2. The number of cyclic esters (lactones) is 1. The normalized spacial score (nSPS) is 17.0. The Morgan fingerprint density at radius 2 is 1.88 bits per heavy atom. The van der Waals surface area contributed by atoms with Crippen LogP contribution in [0.2, 0.25) is 0 Å². The first kappa shape index (κ1) is 31.3. The molecule has 4 atom stereocenters. The van der Waals surface area contributed by atoms with E-state index in [0.29, 0.717) is 24.6 Å². The Balaban J connectivity index is 1.48. The molecule has 1 saturated heterocycles. The molecule has 3 aromatic rings. The van der Waals surface area contributed by atoms with E-state index in [1.165, 1.54) is 23.1 Å². The van der Waals surface area contributed by atoms with E-state index in [4.69, 9.17) is 9.47 Å². The van der Waals surface area contributed by atoms with Crippen LogP contribution in [0.15, 0.2) is 83.8 Å². The maximum Gasteiger partial charge on any atom is 0.415 e. The summed E-state index contributed by atoms with van der Waals surface area (Å²) in [6.45, 7) is 5.26. The molecule has 1 heterocycles. The van der Waals surface area contributed by atoms with Gasteiger partial charge in [-0.05, 0) is 72.3 Å². The van der Waals surface area contributed by atoms with Gasteiger partial charge in [-0.2, -0.15) is 0 Å². The van der Waals surface area contributed by atoms with Crippen LogP contribution in [0.25, 0.3) is 0 Å². The van der Waals surface area contributed by atoms with E-state index in [-0.39, 0.29) is 6.54 Å². The van der Waals surface area contributed by atoms with Crippen LogP contribution in [-0.2, 0) is 16.0 Å². The minimum absolute atomic E-state index is 0.0598. The summed E-state index contributed by atoms with van der Waals surface area (Å²) in [6, 6.07) is 22.3. The number of aliphatic hydroxyl groups excluding tert-OH is 1. The van der Waals surface area contributed by atoms with Gasteiger partial charge in [-0.3, -0.25) is 9.69 Å². The number of methoxy groups -OCH3 is 1. The van der Waals surface area contributed by atoms with E-state index < -0.39 is 36.1 Å². The highest BCUT2D eigenvalue weighted by atomic mass is 32.2. The summed E-state index contributed by atoms with van der Waals surface area (Å²) in [5.74, 6) is 0.145. The van der Waals surface area contributed by atoms with Gasteiger partial charge >= 0.3 is 6.09 Å². The highest BCUT2D eigenvalue weighted by molar-refractivity contribution is 7.97. The van der Waals surface area contributed by atoms with Gasteiger partial charge in [0.25, 0.3) is 5.91 Å². The van der Waals surface area contributed by atoms with Crippen molar-refractivity contribution in [2.75, 3.05) is 31.6 Å². The van der Waals surface area contributed by atoms with Crippen molar-refractivity contribution in [1.82, 2.24) is 9.62 Å². The Morgan fingerprint density at radius 1 is 1.14 bits per heavy atom. The van der Waals surface area contributed by atoms with Crippen molar-refractivity contribution in [1.29, 1.82) is 0 Å². The van der Waals surface area contributed by atoms with E-state index in [2.05, 4.69) is 23.5 Å². The Labute approximate surface area is 250 Å². The Hall–Kier alpha value is -3.60. The van der Waals surface area contributed by atoms with Crippen LogP contribution in [0.3, 0.4) is 0 Å². The Bertz CT molecular complexity index is 1310. The molecule has 0 aliphatic carbocycles. The van der Waals surface area contributed by atoms with Crippen molar-refractivity contribution in [3.8, 4) is 5.75 Å². The summed E-state index contributed by atoms with van der Waals surface area (Å²) in [6.07, 6.45) is -1.39. The third kappa shape index (κ3) is 8.70. The highest BCUT2D eigenvalue weighted by Crippen LogP contribution is 2.27. The fourth-order valence-electron chi connectivity index (χ4n) is 4.63. The van der Waals surface area contributed by atoms with Gasteiger partial charge in [0.2, 0.25) is 0 Å². The zero-order valence-electron chi connectivity index (χ0n) is 24.1. The number of carbonyl (C=O) groups is 2. The van der Waals surface area contributed by atoms with Gasteiger partial charge in [-0.25, -0.2) is 13.5 Å². The number of nitrogens with zero attached hydrogens (tertiary/aromatic N) is 2. The fourth-order valence-corrected chi connectivity index (χ4v) is 5.74. The maximum atomic E-state index is 13.8. The van der Waals surface area contributed by atoms with Crippen LogP contribution >= 0.6 is 11.9 Å². The average Bonchev–Trinajstić information content (AvgIpc) is 3.39. The monoisotopic (exact) mass is 595 g/mol. The first-order valence-electron chi connectivity index (χ1n) is 14.1. The number of nitrogens with one attached hydrogen (secondary N) is 1. The number of aliphatic hydroxyl groups is 1. The number of ether oxygens (including phenoxy) is 2. The molecule has 224 valence electrons. The van der Waals surface area contributed by atoms with Gasteiger partial charge in [0.05, 0.1) is 31.5 Å². The molecule has 4 rings (SSSR count). The third-order valence-electron chi connectivity index (χ3n) is 7.21. The van der Waals surface area contributed by atoms with Gasteiger partial charge in [0.1, 0.15) is 11.6 Å². The fraction of sp³-hybridized carbons (Fsp3) is 0.375. The summed E-state index contributed by atoms with van der Waals surface area (Å²) >= 11 is 1.55. The zero-order chi connectivity index (χ0) is 30.1. The second kappa shape index (κ2) is 15.0. The van der Waals surface area contributed by atoms with Crippen LogP contribution < -0.4 is 15.0 Å². The summed E-state index contributed by atoms with van der Waals surface area (Å²) < 4.78 is 26.5. The standard InChI is InChI=1S/C32H38FN3O5S/c1-4-22(2)19-35(42-27-15-13-26(40-3)14-16-27)20-29(37)28(17-23-9-6-5-7-10-23)34-31(38)30-21-36(32(39)41-30)25-12-8-11-24(33)18-25/h5-16,18,22,28-30,37H,4,17,19-21H2,1-3H3,(H,34,38). The smallest absolute Gasteiger partial charge is 0.415 e.